The summed E-state index contributed by atoms with van der Waals surface area (Å²) in [5.74, 6) is -0.0449. The van der Waals surface area contributed by atoms with Crippen LogP contribution in [0.25, 0.3) is 0 Å². The molecule has 1 amide bonds. The van der Waals surface area contributed by atoms with E-state index < -0.39 is 0 Å². The third kappa shape index (κ3) is 4.81. The van der Waals surface area contributed by atoms with Gasteiger partial charge in [-0.15, -0.1) is 11.3 Å². The van der Waals surface area contributed by atoms with Gasteiger partial charge in [-0.05, 0) is 42.5 Å². The number of hydrogen-bond acceptors (Lipinski definition) is 3. The van der Waals surface area contributed by atoms with Gasteiger partial charge in [0.25, 0.3) is 0 Å². The molecule has 0 aliphatic carbocycles. The predicted molar refractivity (Wildman–Crippen MR) is 93.2 cm³/mol. The molecule has 110 valence electrons. The largest absolute Gasteiger partial charge is 0.389 e. The van der Waals surface area contributed by atoms with Crippen molar-refractivity contribution >= 4 is 51.7 Å². The molecule has 0 atom stereocenters. The van der Waals surface area contributed by atoms with E-state index >= 15 is 0 Å². The van der Waals surface area contributed by atoms with E-state index in [2.05, 4.69) is 11.4 Å². The fourth-order valence-electron chi connectivity index (χ4n) is 1.86. The number of anilines is 1. The standard InChI is InChI=1S/C15H15ClN2OS2/c16-12-9-10(15(17)20)6-7-13(12)18-14(19)5-1-3-11-4-2-8-21-11/h2,4,6-9H,1,3,5H2,(H2,17,20)(H,18,19). The molecule has 0 unspecified atom stereocenters. The monoisotopic (exact) mass is 338 g/mol. The smallest absolute Gasteiger partial charge is 0.224 e. The van der Waals surface area contributed by atoms with Gasteiger partial charge in [0.2, 0.25) is 5.91 Å². The summed E-state index contributed by atoms with van der Waals surface area (Å²) in [4.78, 5) is 13.5. The zero-order valence-electron chi connectivity index (χ0n) is 11.3. The van der Waals surface area contributed by atoms with Crippen LogP contribution in [0, 0.1) is 0 Å². The highest BCUT2D eigenvalue weighted by Gasteiger charge is 2.08. The molecule has 0 aliphatic rings. The Morgan fingerprint density at radius 3 is 2.81 bits per heavy atom. The Morgan fingerprint density at radius 1 is 1.38 bits per heavy atom. The summed E-state index contributed by atoms with van der Waals surface area (Å²) in [5.41, 5.74) is 6.80. The van der Waals surface area contributed by atoms with Gasteiger partial charge in [-0.25, -0.2) is 0 Å². The molecular weight excluding hydrogens is 324 g/mol. The van der Waals surface area contributed by atoms with E-state index in [1.165, 1.54) is 4.88 Å². The molecule has 1 heterocycles. The summed E-state index contributed by atoms with van der Waals surface area (Å²) in [6.45, 7) is 0. The molecule has 0 radical (unpaired) electrons. The summed E-state index contributed by atoms with van der Waals surface area (Å²) in [5, 5.41) is 5.28. The summed E-state index contributed by atoms with van der Waals surface area (Å²) in [6.07, 6.45) is 2.19. The SMILES string of the molecule is NC(=S)c1ccc(NC(=O)CCCc2cccs2)c(Cl)c1. The van der Waals surface area contributed by atoms with Gasteiger partial charge in [-0.2, -0.15) is 0 Å². The number of halogens is 1. The highest BCUT2D eigenvalue weighted by atomic mass is 35.5. The van der Waals surface area contributed by atoms with Crippen molar-refractivity contribution in [2.24, 2.45) is 5.73 Å². The van der Waals surface area contributed by atoms with Crippen molar-refractivity contribution in [3.63, 3.8) is 0 Å². The summed E-state index contributed by atoms with van der Waals surface area (Å²) >= 11 is 12.7. The second-order valence-corrected chi connectivity index (χ2v) is 6.42. The zero-order valence-corrected chi connectivity index (χ0v) is 13.7. The van der Waals surface area contributed by atoms with E-state index in [1.807, 2.05) is 11.4 Å². The fourth-order valence-corrected chi connectivity index (χ4v) is 2.97. The van der Waals surface area contributed by atoms with Gasteiger partial charge in [0.1, 0.15) is 4.99 Å². The highest BCUT2D eigenvalue weighted by molar-refractivity contribution is 7.80. The second-order valence-electron chi connectivity index (χ2n) is 4.54. The van der Waals surface area contributed by atoms with Crippen LogP contribution in [0.4, 0.5) is 5.69 Å². The summed E-state index contributed by atoms with van der Waals surface area (Å²) in [6, 6.07) is 9.21. The zero-order chi connectivity index (χ0) is 15.2. The molecule has 3 N–H and O–H groups in total. The Hall–Kier alpha value is -1.43. The van der Waals surface area contributed by atoms with Gasteiger partial charge < -0.3 is 11.1 Å². The number of carbonyl (C=O) groups is 1. The molecule has 2 rings (SSSR count). The number of benzene rings is 1. The van der Waals surface area contributed by atoms with Crippen molar-refractivity contribution in [3.05, 3.63) is 51.2 Å². The van der Waals surface area contributed by atoms with E-state index in [1.54, 1.807) is 29.5 Å². The Morgan fingerprint density at radius 2 is 2.19 bits per heavy atom. The Balaban J connectivity index is 1.86. The molecule has 0 fully saturated rings. The van der Waals surface area contributed by atoms with Gasteiger partial charge in [0.15, 0.2) is 0 Å². The molecule has 0 saturated carbocycles. The topological polar surface area (TPSA) is 55.1 Å². The van der Waals surface area contributed by atoms with Crippen LogP contribution in [-0.2, 0) is 11.2 Å². The molecule has 0 bridgehead atoms. The molecule has 0 saturated heterocycles. The third-order valence-electron chi connectivity index (χ3n) is 2.93. The molecule has 0 spiro atoms. The lowest BCUT2D eigenvalue weighted by molar-refractivity contribution is -0.116. The Kier molecular flexibility index (Phi) is 5.73. The van der Waals surface area contributed by atoms with Crippen LogP contribution in [-0.4, -0.2) is 10.9 Å². The van der Waals surface area contributed by atoms with Crippen molar-refractivity contribution in [2.45, 2.75) is 19.3 Å². The maximum atomic E-state index is 11.9. The molecule has 0 aliphatic heterocycles. The number of thiophene rings is 1. The summed E-state index contributed by atoms with van der Waals surface area (Å²) < 4.78 is 0. The van der Waals surface area contributed by atoms with Crippen LogP contribution in [0.5, 0.6) is 0 Å². The summed E-state index contributed by atoms with van der Waals surface area (Å²) in [7, 11) is 0. The van der Waals surface area contributed by atoms with E-state index in [-0.39, 0.29) is 10.9 Å². The average molecular weight is 339 g/mol. The van der Waals surface area contributed by atoms with Crippen LogP contribution in [0.3, 0.4) is 0 Å². The van der Waals surface area contributed by atoms with E-state index in [0.717, 1.165) is 12.8 Å². The predicted octanol–water partition coefficient (Wildman–Crippen LogP) is 4.00. The Labute approximate surface area is 138 Å². The number of carbonyl (C=O) groups excluding carboxylic acids is 1. The fraction of sp³-hybridized carbons (Fsp3) is 0.200. The van der Waals surface area contributed by atoms with Crippen molar-refractivity contribution in [1.82, 2.24) is 0 Å². The van der Waals surface area contributed by atoms with Crippen LogP contribution in [0.1, 0.15) is 23.3 Å². The maximum absolute atomic E-state index is 11.9. The lowest BCUT2D eigenvalue weighted by atomic mass is 10.2. The highest BCUT2D eigenvalue weighted by Crippen LogP contribution is 2.23. The van der Waals surface area contributed by atoms with Gasteiger partial charge >= 0.3 is 0 Å². The first-order valence-corrected chi connectivity index (χ1v) is 8.14. The van der Waals surface area contributed by atoms with Crippen LogP contribution >= 0.6 is 35.2 Å². The molecular formula is C15H15ClN2OS2. The number of thiocarbonyl (C=S) groups is 1. The minimum Gasteiger partial charge on any atom is -0.389 e. The number of nitrogens with one attached hydrogen (secondary N) is 1. The minimum absolute atomic E-state index is 0.0449. The van der Waals surface area contributed by atoms with Gasteiger partial charge in [-0.1, -0.05) is 29.9 Å². The minimum atomic E-state index is -0.0449. The molecule has 21 heavy (non-hydrogen) atoms. The number of hydrogen-bond donors (Lipinski definition) is 2. The number of rotatable bonds is 6. The van der Waals surface area contributed by atoms with E-state index in [4.69, 9.17) is 29.6 Å². The van der Waals surface area contributed by atoms with E-state index in [0.29, 0.717) is 22.7 Å². The van der Waals surface area contributed by atoms with Crippen molar-refractivity contribution in [2.75, 3.05) is 5.32 Å². The average Bonchev–Trinajstić information content (AvgIpc) is 2.94. The molecule has 2 aromatic rings. The van der Waals surface area contributed by atoms with Gasteiger partial charge in [0.05, 0.1) is 10.7 Å². The third-order valence-corrected chi connectivity index (χ3v) is 4.42. The van der Waals surface area contributed by atoms with Crippen LogP contribution in [0.15, 0.2) is 35.7 Å². The van der Waals surface area contributed by atoms with Gasteiger partial charge in [0, 0.05) is 16.9 Å². The first-order chi connectivity index (χ1) is 10.1. The maximum Gasteiger partial charge on any atom is 0.224 e. The lowest BCUT2D eigenvalue weighted by Gasteiger charge is -2.08. The second kappa shape index (κ2) is 7.54. The first kappa shape index (κ1) is 15.9. The number of aryl methyl sites for hydroxylation is 1. The van der Waals surface area contributed by atoms with Crippen molar-refractivity contribution in [1.29, 1.82) is 0 Å². The van der Waals surface area contributed by atoms with Crippen LogP contribution in [0.2, 0.25) is 5.02 Å². The molecule has 3 nitrogen and oxygen atoms in total. The molecule has 1 aromatic carbocycles. The normalized spacial score (nSPS) is 10.3. The number of nitrogens with two attached hydrogens (primary N) is 1. The van der Waals surface area contributed by atoms with Crippen LogP contribution < -0.4 is 11.1 Å². The Bertz CT molecular complexity index is 641. The van der Waals surface area contributed by atoms with E-state index in [9.17, 15) is 4.79 Å². The quantitative estimate of drug-likeness (QED) is 0.783. The van der Waals surface area contributed by atoms with Crippen molar-refractivity contribution < 1.29 is 4.79 Å². The molecule has 6 heteroatoms. The molecule has 1 aromatic heterocycles. The lowest BCUT2D eigenvalue weighted by Crippen LogP contribution is -2.13. The number of amides is 1. The first-order valence-electron chi connectivity index (χ1n) is 6.48. The van der Waals surface area contributed by atoms with Crippen molar-refractivity contribution in [3.8, 4) is 0 Å². The van der Waals surface area contributed by atoms with Gasteiger partial charge in [-0.3, -0.25) is 4.79 Å².